The van der Waals surface area contributed by atoms with Gasteiger partial charge in [-0.25, -0.2) is 9.59 Å². The Morgan fingerprint density at radius 3 is 2.20 bits per heavy atom. The molecule has 13 nitrogen and oxygen atoms in total. The maximum absolute atomic E-state index is 14.5. The van der Waals surface area contributed by atoms with Crippen molar-refractivity contribution in [2.24, 2.45) is 28.6 Å². The molecule has 0 aromatic rings. The fourth-order valence-corrected chi connectivity index (χ4v) is 7.35. The van der Waals surface area contributed by atoms with Crippen molar-refractivity contribution in [3.05, 3.63) is 12.7 Å². The van der Waals surface area contributed by atoms with Gasteiger partial charge in [0, 0.05) is 19.1 Å². The molecule has 1 aliphatic heterocycles. The number of alkyl carbamates (subject to hydrolysis) is 1. The van der Waals surface area contributed by atoms with Crippen LogP contribution in [0.1, 0.15) is 100 Å². The second kappa shape index (κ2) is 16.8. The molecule has 5 N–H and O–H groups in total. The molecule has 276 valence electrons. The van der Waals surface area contributed by atoms with Crippen molar-refractivity contribution in [2.45, 2.75) is 131 Å². The molecule has 0 aromatic heterocycles. The first-order valence-electron chi connectivity index (χ1n) is 18.0. The molecule has 6 amide bonds. The lowest BCUT2D eigenvalue weighted by Crippen LogP contribution is -2.61. The molecule has 1 heterocycles. The third-order valence-electron chi connectivity index (χ3n) is 10.4. The Kier molecular flexibility index (Phi) is 13.7. The molecule has 3 fully saturated rings. The summed E-state index contributed by atoms with van der Waals surface area (Å²) in [5, 5.41) is 13.9. The summed E-state index contributed by atoms with van der Waals surface area (Å²) in [6, 6.07) is -3.96. The first-order chi connectivity index (χ1) is 22.9. The molecule has 3 aliphatic rings. The van der Waals surface area contributed by atoms with E-state index in [1.807, 2.05) is 41.5 Å². The van der Waals surface area contributed by atoms with Gasteiger partial charge in [-0.2, -0.15) is 0 Å². The van der Waals surface area contributed by atoms with Crippen molar-refractivity contribution in [3.8, 4) is 0 Å². The fraction of sp³-hybridized carbons (Fsp3) is 0.778. The van der Waals surface area contributed by atoms with Crippen molar-refractivity contribution in [1.29, 1.82) is 0 Å². The molecule has 1 unspecified atom stereocenters. The molecule has 0 spiro atoms. The molecule has 0 aromatic carbocycles. The molecule has 13 heteroatoms. The maximum atomic E-state index is 14.5. The van der Waals surface area contributed by atoms with Crippen molar-refractivity contribution < 1.29 is 33.5 Å². The zero-order chi connectivity index (χ0) is 36.7. The molecule has 6 atom stereocenters. The van der Waals surface area contributed by atoms with Gasteiger partial charge in [0.05, 0.1) is 12.1 Å². The number of nitrogens with zero attached hydrogens (tertiary/aromatic N) is 1. The first-order valence-corrected chi connectivity index (χ1v) is 18.0. The number of hydrogen-bond donors (Lipinski definition) is 5. The van der Waals surface area contributed by atoms with Crippen LogP contribution in [-0.4, -0.2) is 90.4 Å². The van der Waals surface area contributed by atoms with Crippen LogP contribution in [0.25, 0.3) is 0 Å². The summed E-state index contributed by atoms with van der Waals surface area (Å²) in [5.41, 5.74) is -0.656. The molecule has 0 bridgehead atoms. The van der Waals surface area contributed by atoms with E-state index >= 15 is 0 Å². The SMILES string of the molecule is C=CCNC(=O)C(=O)C(CCC)NC(=O)[C@@H]1[C@@H]2[C@H](CN1C(=O)[C@@H](NC(=O)N[C@H](COC(=O)NC(C)C)C(C)(C)C)C1CCCCC1)C2(C)C. The lowest BCUT2D eigenvalue weighted by atomic mass is 9.83. The van der Waals surface area contributed by atoms with Crippen molar-refractivity contribution >= 4 is 35.6 Å². The van der Waals surface area contributed by atoms with Crippen LogP contribution < -0.4 is 26.6 Å². The van der Waals surface area contributed by atoms with E-state index in [1.165, 1.54) is 6.08 Å². The summed E-state index contributed by atoms with van der Waals surface area (Å²) in [7, 11) is 0. The van der Waals surface area contributed by atoms with E-state index in [4.69, 9.17) is 4.74 Å². The largest absolute Gasteiger partial charge is 0.447 e. The average molecular weight is 689 g/mol. The standard InChI is InChI=1S/C36H60N6O7/c1-10-15-24(29(43)31(45)37-18-11-2)39-30(44)28-26-23(36(26,8)9)19-42(28)32(46)27(22-16-13-12-14-17-22)41-33(47)40-25(35(5,6)7)20-49-34(48)38-21(3)4/h11,21-28H,2,10,12-20H2,1,3-9H3,(H,37,45)(H,38,48)(H,39,44)(H2,40,41,47)/t23-,24?,25+,26-,27-,28-/m0/s1. The summed E-state index contributed by atoms with van der Waals surface area (Å²) in [4.78, 5) is 81.5. The van der Waals surface area contributed by atoms with Crippen LogP contribution in [-0.2, 0) is 23.9 Å². The fourth-order valence-electron chi connectivity index (χ4n) is 7.35. The highest BCUT2D eigenvalue weighted by atomic mass is 16.5. The molecular weight excluding hydrogens is 628 g/mol. The Hall–Kier alpha value is -3.64. The summed E-state index contributed by atoms with van der Waals surface area (Å²) in [6.07, 6.45) is 6.14. The van der Waals surface area contributed by atoms with E-state index in [-0.39, 0.29) is 54.7 Å². The van der Waals surface area contributed by atoms with Crippen LogP contribution in [0.15, 0.2) is 12.7 Å². The highest BCUT2D eigenvalue weighted by Gasteiger charge is 2.69. The van der Waals surface area contributed by atoms with Gasteiger partial charge in [0.2, 0.25) is 17.6 Å². The van der Waals surface area contributed by atoms with E-state index in [0.29, 0.717) is 13.0 Å². The number of carbonyl (C=O) groups is 6. The number of nitrogens with one attached hydrogen (secondary N) is 5. The molecule has 49 heavy (non-hydrogen) atoms. The number of fused-ring (bicyclic) bond motifs is 1. The van der Waals surface area contributed by atoms with E-state index in [2.05, 4.69) is 47.0 Å². The number of ether oxygens (including phenoxy) is 1. The van der Waals surface area contributed by atoms with E-state index in [9.17, 15) is 28.8 Å². The summed E-state index contributed by atoms with van der Waals surface area (Å²) >= 11 is 0. The van der Waals surface area contributed by atoms with E-state index < -0.39 is 59.3 Å². The van der Waals surface area contributed by atoms with Gasteiger partial charge >= 0.3 is 12.1 Å². The van der Waals surface area contributed by atoms with Gasteiger partial charge in [-0.15, -0.1) is 6.58 Å². The normalized spacial score (nSPS) is 23.3. The van der Waals surface area contributed by atoms with Gasteiger partial charge in [-0.3, -0.25) is 19.2 Å². The lowest BCUT2D eigenvalue weighted by molar-refractivity contribution is -0.144. The van der Waals surface area contributed by atoms with Gasteiger partial charge in [-0.1, -0.05) is 73.3 Å². The van der Waals surface area contributed by atoms with Gasteiger partial charge in [-0.05, 0) is 61.7 Å². The third-order valence-corrected chi connectivity index (χ3v) is 10.4. The van der Waals surface area contributed by atoms with Crippen LogP contribution in [0.2, 0.25) is 0 Å². The van der Waals surface area contributed by atoms with Crippen LogP contribution in [0.4, 0.5) is 9.59 Å². The predicted octanol–water partition coefficient (Wildman–Crippen LogP) is 3.42. The monoisotopic (exact) mass is 688 g/mol. The minimum absolute atomic E-state index is 0.0619. The maximum Gasteiger partial charge on any atom is 0.407 e. The number of urea groups is 1. The Morgan fingerprint density at radius 2 is 1.63 bits per heavy atom. The average Bonchev–Trinajstić information content (AvgIpc) is 3.33. The zero-order valence-electron chi connectivity index (χ0n) is 30.8. The minimum atomic E-state index is -1.03. The topological polar surface area (TPSA) is 175 Å². The lowest BCUT2D eigenvalue weighted by Gasteiger charge is -2.38. The van der Waals surface area contributed by atoms with Crippen LogP contribution in [0.3, 0.4) is 0 Å². The van der Waals surface area contributed by atoms with Crippen molar-refractivity contribution in [2.75, 3.05) is 19.7 Å². The molecular formula is C36H60N6O7. The van der Waals surface area contributed by atoms with Crippen LogP contribution in [0.5, 0.6) is 0 Å². The minimum Gasteiger partial charge on any atom is -0.447 e. The summed E-state index contributed by atoms with van der Waals surface area (Å²) in [5.74, 6) is -2.48. The number of ketones is 1. The number of carbonyl (C=O) groups excluding carboxylic acids is 6. The third kappa shape index (κ3) is 10.2. The van der Waals surface area contributed by atoms with Gasteiger partial charge < -0.3 is 36.2 Å². The Balaban J connectivity index is 1.82. The molecule has 3 rings (SSSR count). The Labute approximate surface area is 291 Å². The van der Waals surface area contributed by atoms with Gasteiger partial charge in [0.1, 0.15) is 18.7 Å². The van der Waals surface area contributed by atoms with Crippen LogP contribution in [0, 0.1) is 28.6 Å². The van der Waals surface area contributed by atoms with E-state index in [0.717, 1.165) is 32.1 Å². The second-order valence-electron chi connectivity index (χ2n) is 15.9. The summed E-state index contributed by atoms with van der Waals surface area (Å²) < 4.78 is 5.40. The number of amides is 6. The zero-order valence-corrected chi connectivity index (χ0v) is 30.8. The smallest absolute Gasteiger partial charge is 0.407 e. The number of Topliss-reactive ketones (excluding diaryl/α,β-unsaturated/α-hetero) is 1. The number of hydrogen-bond acceptors (Lipinski definition) is 7. The molecule has 1 saturated heterocycles. The Morgan fingerprint density at radius 1 is 0.980 bits per heavy atom. The van der Waals surface area contributed by atoms with E-state index in [1.54, 1.807) is 4.90 Å². The quantitative estimate of drug-likeness (QED) is 0.129. The highest BCUT2D eigenvalue weighted by Crippen LogP contribution is 2.65. The van der Waals surface area contributed by atoms with Crippen molar-refractivity contribution in [1.82, 2.24) is 31.5 Å². The van der Waals surface area contributed by atoms with Crippen LogP contribution >= 0.6 is 0 Å². The summed E-state index contributed by atoms with van der Waals surface area (Å²) in [6.45, 7) is 19.4. The second-order valence-corrected chi connectivity index (χ2v) is 15.9. The molecule has 2 saturated carbocycles. The molecule has 0 radical (unpaired) electrons. The van der Waals surface area contributed by atoms with Gasteiger partial charge in [0.15, 0.2) is 0 Å². The highest BCUT2D eigenvalue weighted by molar-refractivity contribution is 6.38. The number of rotatable bonds is 15. The first kappa shape index (κ1) is 39.8. The van der Waals surface area contributed by atoms with Crippen molar-refractivity contribution in [3.63, 3.8) is 0 Å². The Bertz CT molecular complexity index is 1240. The molecule has 2 aliphatic carbocycles. The van der Waals surface area contributed by atoms with Gasteiger partial charge in [0.25, 0.3) is 5.91 Å². The predicted molar refractivity (Wildman–Crippen MR) is 186 cm³/mol. The number of likely N-dealkylation sites (tertiary alicyclic amines) is 1. The number of piperidine rings is 1.